The number of nitrogens with zero attached hydrogens (tertiary/aromatic N) is 3. The van der Waals surface area contributed by atoms with E-state index >= 15 is 0 Å². The topological polar surface area (TPSA) is 29.0 Å². The van der Waals surface area contributed by atoms with Crippen LogP contribution in [0.2, 0.25) is 0 Å². The average molecular weight is 298 g/mol. The first-order chi connectivity index (χ1) is 8.35. The summed E-state index contributed by atoms with van der Waals surface area (Å²) in [4.78, 5) is 11.2. The van der Waals surface area contributed by atoms with E-state index in [1.165, 1.54) is 25.7 Å². The quantitative estimate of drug-likeness (QED) is 0.803. The molecule has 0 N–H and O–H groups in total. The Bertz CT molecular complexity index is 356. The molecule has 4 heteroatoms. The minimum atomic E-state index is 0.581. The van der Waals surface area contributed by atoms with Crippen molar-refractivity contribution in [1.82, 2.24) is 9.97 Å². The molecule has 0 amide bonds. The monoisotopic (exact) mass is 297 g/mol. The van der Waals surface area contributed by atoms with Gasteiger partial charge >= 0.3 is 0 Å². The molecule has 1 aromatic heterocycles. The van der Waals surface area contributed by atoms with E-state index in [4.69, 9.17) is 0 Å². The molecular weight excluding hydrogens is 278 g/mol. The molecule has 2 heterocycles. The van der Waals surface area contributed by atoms with Gasteiger partial charge in [0.05, 0.1) is 0 Å². The van der Waals surface area contributed by atoms with E-state index in [0.29, 0.717) is 6.04 Å². The van der Waals surface area contributed by atoms with Crippen molar-refractivity contribution < 1.29 is 0 Å². The molecule has 0 radical (unpaired) electrons. The molecule has 1 aliphatic rings. The first-order valence-electron chi connectivity index (χ1n) is 6.48. The average Bonchev–Trinajstić information content (AvgIpc) is 2.63. The van der Waals surface area contributed by atoms with Gasteiger partial charge < -0.3 is 4.90 Å². The van der Waals surface area contributed by atoms with E-state index in [1.54, 1.807) is 6.33 Å². The zero-order valence-corrected chi connectivity index (χ0v) is 12.0. The highest BCUT2D eigenvalue weighted by Gasteiger charge is 2.21. The predicted molar refractivity (Wildman–Crippen MR) is 74.8 cm³/mol. The van der Waals surface area contributed by atoms with E-state index < -0.39 is 0 Å². The zero-order valence-electron chi connectivity index (χ0n) is 10.4. The molecule has 3 nitrogen and oxygen atoms in total. The number of hydrogen-bond acceptors (Lipinski definition) is 3. The minimum absolute atomic E-state index is 0.581. The molecule has 1 aliphatic heterocycles. The molecule has 0 aromatic carbocycles. The van der Waals surface area contributed by atoms with Gasteiger partial charge in [0.1, 0.15) is 12.1 Å². The number of anilines is 1. The molecule has 0 saturated carbocycles. The normalized spacial score (nSPS) is 21.3. The highest BCUT2D eigenvalue weighted by molar-refractivity contribution is 9.09. The lowest BCUT2D eigenvalue weighted by Gasteiger charge is -2.29. The highest BCUT2D eigenvalue weighted by atomic mass is 79.9. The lowest BCUT2D eigenvalue weighted by molar-refractivity contribution is 0.620. The van der Waals surface area contributed by atoms with Gasteiger partial charge in [-0.3, -0.25) is 0 Å². The SMILES string of the molecule is CCc1cc(N2CCCCCC2CBr)ncn1. The van der Waals surface area contributed by atoms with Crippen LogP contribution >= 0.6 is 15.9 Å². The second kappa shape index (κ2) is 6.34. The van der Waals surface area contributed by atoms with Gasteiger partial charge in [-0.25, -0.2) is 9.97 Å². The van der Waals surface area contributed by atoms with Gasteiger partial charge in [0.2, 0.25) is 0 Å². The molecule has 0 spiro atoms. The Morgan fingerprint density at radius 1 is 1.35 bits per heavy atom. The fraction of sp³-hybridized carbons (Fsp3) is 0.692. The fourth-order valence-electron chi connectivity index (χ4n) is 2.38. The van der Waals surface area contributed by atoms with Crippen LogP contribution in [-0.2, 0) is 6.42 Å². The van der Waals surface area contributed by atoms with Crippen LogP contribution in [0.25, 0.3) is 0 Å². The maximum Gasteiger partial charge on any atom is 0.132 e. The molecule has 1 atom stereocenters. The van der Waals surface area contributed by atoms with E-state index in [0.717, 1.165) is 29.8 Å². The number of hydrogen-bond donors (Lipinski definition) is 0. The lowest BCUT2D eigenvalue weighted by atomic mass is 10.1. The predicted octanol–water partition coefficient (Wildman–Crippen LogP) is 3.18. The van der Waals surface area contributed by atoms with E-state index in [-0.39, 0.29) is 0 Å². The second-order valence-electron chi connectivity index (χ2n) is 4.57. The van der Waals surface area contributed by atoms with Gasteiger partial charge in [-0.2, -0.15) is 0 Å². The third kappa shape index (κ3) is 3.18. The van der Waals surface area contributed by atoms with Gasteiger partial charge in [-0.15, -0.1) is 0 Å². The summed E-state index contributed by atoms with van der Waals surface area (Å²) in [5.41, 5.74) is 1.13. The Morgan fingerprint density at radius 3 is 3.00 bits per heavy atom. The summed E-state index contributed by atoms with van der Waals surface area (Å²) < 4.78 is 0. The Morgan fingerprint density at radius 2 is 2.24 bits per heavy atom. The van der Waals surface area contributed by atoms with Gasteiger partial charge in [0, 0.05) is 29.7 Å². The van der Waals surface area contributed by atoms with Crippen molar-refractivity contribution in [2.75, 3.05) is 16.8 Å². The molecule has 0 aliphatic carbocycles. The smallest absolute Gasteiger partial charge is 0.132 e. The summed E-state index contributed by atoms with van der Waals surface area (Å²) in [6, 6.07) is 2.72. The van der Waals surface area contributed by atoms with Crippen LogP contribution in [0.3, 0.4) is 0 Å². The third-order valence-electron chi connectivity index (χ3n) is 3.42. The van der Waals surface area contributed by atoms with Crippen molar-refractivity contribution in [3.8, 4) is 0 Å². The number of alkyl halides is 1. The van der Waals surface area contributed by atoms with Crippen molar-refractivity contribution in [1.29, 1.82) is 0 Å². The van der Waals surface area contributed by atoms with Gasteiger partial charge in [0.15, 0.2) is 0 Å². The summed E-state index contributed by atoms with van der Waals surface area (Å²) in [7, 11) is 0. The summed E-state index contributed by atoms with van der Waals surface area (Å²) >= 11 is 3.63. The number of halogens is 1. The van der Waals surface area contributed by atoms with Gasteiger partial charge in [0.25, 0.3) is 0 Å². The van der Waals surface area contributed by atoms with E-state index in [2.05, 4.69) is 43.8 Å². The van der Waals surface area contributed by atoms with Crippen LogP contribution in [0.15, 0.2) is 12.4 Å². The minimum Gasteiger partial charge on any atom is -0.353 e. The maximum absolute atomic E-state index is 4.44. The first-order valence-corrected chi connectivity index (χ1v) is 7.60. The van der Waals surface area contributed by atoms with Crippen molar-refractivity contribution in [2.45, 2.75) is 45.1 Å². The maximum atomic E-state index is 4.44. The van der Waals surface area contributed by atoms with Crippen LogP contribution < -0.4 is 4.90 Å². The molecular formula is C13H20BrN3. The number of aryl methyl sites for hydroxylation is 1. The largest absolute Gasteiger partial charge is 0.353 e. The Labute approximate surface area is 112 Å². The molecule has 1 unspecified atom stereocenters. The molecule has 1 fully saturated rings. The van der Waals surface area contributed by atoms with Crippen molar-refractivity contribution in [3.05, 3.63) is 18.1 Å². The Hall–Kier alpha value is -0.640. The first kappa shape index (κ1) is 12.8. The van der Waals surface area contributed by atoms with Crippen molar-refractivity contribution in [2.24, 2.45) is 0 Å². The van der Waals surface area contributed by atoms with Gasteiger partial charge in [-0.05, 0) is 19.3 Å². The highest BCUT2D eigenvalue weighted by Crippen LogP contribution is 2.23. The Kier molecular flexibility index (Phi) is 4.77. The zero-order chi connectivity index (χ0) is 12.1. The molecule has 1 aromatic rings. The van der Waals surface area contributed by atoms with Crippen LogP contribution in [0.4, 0.5) is 5.82 Å². The van der Waals surface area contributed by atoms with Crippen LogP contribution in [0.1, 0.15) is 38.3 Å². The molecule has 94 valence electrons. The number of aromatic nitrogens is 2. The lowest BCUT2D eigenvalue weighted by Crippen LogP contribution is -2.36. The molecule has 0 bridgehead atoms. The third-order valence-corrected chi connectivity index (χ3v) is 4.17. The summed E-state index contributed by atoms with van der Waals surface area (Å²) in [5.74, 6) is 1.10. The molecule has 17 heavy (non-hydrogen) atoms. The molecule has 1 saturated heterocycles. The standard InChI is InChI=1S/C13H20BrN3/c1-2-11-8-13(16-10-15-11)17-7-5-3-4-6-12(17)9-14/h8,10,12H,2-7,9H2,1H3. The van der Waals surface area contributed by atoms with Crippen LogP contribution in [0, 0.1) is 0 Å². The van der Waals surface area contributed by atoms with Crippen molar-refractivity contribution in [3.63, 3.8) is 0 Å². The van der Waals surface area contributed by atoms with Crippen LogP contribution in [0.5, 0.6) is 0 Å². The second-order valence-corrected chi connectivity index (χ2v) is 5.22. The van der Waals surface area contributed by atoms with Crippen molar-refractivity contribution >= 4 is 21.7 Å². The van der Waals surface area contributed by atoms with Gasteiger partial charge in [-0.1, -0.05) is 35.7 Å². The summed E-state index contributed by atoms with van der Waals surface area (Å²) in [6.45, 7) is 3.26. The summed E-state index contributed by atoms with van der Waals surface area (Å²) in [5, 5.41) is 1.03. The fourth-order valence-corrected chi connectivity index (χ4v) is 3.05. The summed E-state index contributed by atoms with van der Waals surface area (Å²) in [6.07, 6.45) is 7.88. The molecule has 2 rings (SSSR count). The number of rotatable bonds is 3. The van der Waals surface area contributed by atoms with E-state index in [9.17, 15) is 0 Å². The Balaban J connectivity index is 2.21. The van der Waals surface area contributed by atoms with Crippen LogP contribution in [-0.4, -0.2) is 27.9 Å². The van der Waals surface area contributed by atoms with E-state index in [1.807, 2.05) is 0 Å².